The first kappa shape index (κ1) is 6.39. The molecule has 1 rings (SSSR count). The molecule has 0 radical (unpaired) electrons. The predicted molar refractivity (Wildman–Crippen MR) is 36.0 cm³/mol. The Bertz CT molecular complexity index is 133. The molecule has 0 aromatic carbocycles. The van der Waals surface area contributed by atoms with Crippen LogP contribution in [-0.4, -0.2) is 24.0 Å². The summed E-state index contributed by atoms with van der Waals surface area (Å²) < 4.78 is 0. The number of oxime groups is 1. The van der Waals surface area contributed by atoms with Crippen LogP contribution in [0.1, 0.15) is 20.3 Å². The fraction of sp³-hybridized carbons (Fsp3) is 0.833. The van der Waals surface area contributed by atoms with Crippen LogP contribution in [0.25, 0.3) is 0 Å². The Balaban J connectivity index is 2.55. The largest absolute Gasteiger partial charge is 0.369 e. The number of hydrogen-bond acceptors (Lipinski definition) is 3. The van der Waals surface area contributed by atoms with E-state index in [2.05, 4.69) is 12.1 Å². The van der Waals surface area contributed by atoms with Crippen molar-refractivity contribution in [2.75, 3.05) is 7.05 Å². The zero-order valence-electron chi connectivity index (χ0n) is 6.09. The summed E-state index contributed by atoms with van der Waals surface area (Å²) in [5.74, 6) is 1.03. The summed E-state index contributed by atoms with van der Waals surface area (Å²) in [5, 5.41) is 3.86. The highest BCUT2D eigenvalue weighted by Gasteiger charge is 2.19. The van der Waals surface area contributed by atoms with Gasteiger partial charge in [-0.3, -0.25) is 0 Å². The molecule has 0 saturated carbocycles. The number of nitrogens with zero attached hydrogens (tertiary/aromatic N) is 2. The van der Waals surface area contributed by atoms with Crippen LogP contribution in [0.15, 0.2) is 5.16 Å². The molecule has 3 nitrogen and oxygen atoms in total. The van der Waals surface area contributed by atoms with Crippen molar-refractivity contribution in [3.8, 4) is 0 Å². The maximum Gasteiger partial charge on any atom is 0.198 e. The molecule has 1 aliphatic heterocycles. The van der Waals surface area contributed by atoms with E-state index in [1.165, 1.54) is 0 Å². The summed E-state index contributed by atoms with van der Waals surface area (Å²) in [6, 6.07) is 0. The van der Waals surface area contributed by atoms with E-state index in [4.69, 9.17) is 4.84 Å². The highest BCUT2D eigenvalue weighted by Crippen LogP contribution is 2.09. The van der Waals surface area contributed by atoms with Gasteiger partial charge in [-0.15, -0.1) is 0 Å². The lowest BCUT2D eigenvalue weighted by atomic mass is 10.4. The van der Waals surface area contributed by atoms with E-state index < -0.39 is 0 Å². The van der Waals surface area contributed by atoms with Gasteiger partial charge in [0.15, 0.2) is 6.23 Å². The maximum atomic E-state index is 4.98. The second-order valence-corrected chi connectivity index (χ2v) is 2.18. The summed E-state index contributed by atoms with van der Waals surface area (Å²) in [7, 11) is 1.99. The first-order valence-corrected chi connectivity index (χ1v) is 3.21. The molecule has 0 fully saturated rings. The molecule has 0 aromatic heterocycles. The topological polar surface area (TPSA) is 24.8 Å². The first-order chi connectivity index (χ1) is 4.25. The van der Waals surface area contributed by atoms with Crippen molar-refractivity contribution < 1.29 is 4.84 Å². The second-order valence-electron chi connectivity index (χ2n) is 2.18. The monoisotopic (exact) mass is 128 g/mol. The molecule has 1 aliphatic rings. The lowest BCUT2D eigenvalue weighted by molar-refractivity contribution is 0.0352. The van der Waals surface area contributed by atoms with Gasteiger partial charge in [0.25, 0.3) is 0 Å². The minimum atomic E-state index is 0.125. The van der Waals surface area contributed by atoms with Crippen LogP contribution in [0.2, 0.25) is 0 Å². The average molecular weight is 128 g/mol. The van der Waals surface area contributed by atoms with Crippen LogP contribution < -0.4 is 0 Å². The highest BCUT2D eigenvalue weighted by molar-refractivity contribution is 5.82. The molecule has 1 heterocycles. The van der Waals surface area contributed by atoms with Gasteiger partial charge in [-0.1, -0.05) is 12.1 Å². The number of rotatable bonds is 1. The fourth-order valence-corrected chi connectivity index (χ4v) is 0.796. The molecule has 0 spiro atoms. The van der Waals surface area contributed by atoms with Gasteiger partial charge in [-0.25, -0.2) is 0 Å². The summed E-state index contributed by atoms with van der Waals surface area (Å²) >= 11 is 0. The maximum absolute atomic E-state index is 4.98. The van der Waals surface area contributed by atoms with E-state index in [1.807, 2.05) is 18.9 Å². The molecule has 0 aliphatic carbocycles. The molecular formula is C6H12N2O. The smallest absolute Gasteiger partial charge is 0.198 e. The normalized spacial score (nSPS) is 25.9. The molecule has 1 unspecified atom stereocenters. The molecule has 9 heavy (non-hydrogen) atoms. The summed E-state index contributed by atoms with van der Waals surface area (Å²) in [6.45, 7) is 4.04. The van der Waals surface area contributed by atoms with Crippen LogP contribution >= 0.6 is 0 Å². The van der Waals surface area contributed by atoms with Crippen LogP contribution in [-0.2, 0) is 4.84 Å². The predicted octanol–water partition coefficient (Wildman–Crippen LogP) is 1.02. The van der Waals surface area contributed by atoms with Crippen LogP contribution in [0.5, 0.6) is 0 Å². The van der Waals surface area contributed by atoms with E-state index in [1.54, 1.807) is 0 Å². The van der Waals surface area contributed by atoms with Crippen molar-refractivity contribution >= 4 is 5.84 Å². The van der Waals surface area contributed by atoms with E-state index in [9.17, 15) is 0 Å². The Kier molecular flexibility index (Phi) is 1.60. The Morgan fingerprint density at radius 3 is 2.67 bits per heavy atom. The number of amidine groups is 1. The molecule has 0 bridgehead atoms. The third-order valence-electron chi connectivity index (χ3n) is 1.58. The zero-order valence-corrected chi connectivity index (χ0v) is 6.09. The van der Waals surface area contributed by atoms with Crippen molar-refractivity contribution in [2.24, 2.45) is 5.16 Å². The lowest BCUT2D eigenvalue weighted by Crippen LogP contribution is -2.29. The van der Waals surface area contributed by atoms with Gasteiger partial charge in [0.05, 0.1) is 0 Å². The molecule has 0 saturated heterocycles. The van der Waals surface area contributed by atoms with Crippen LogP contribution in [0.3, 0.4) is 0 Å². The standard InChI is InChI=1S/C6H12N2O/c1-4-6-7-9-5(2)8(6)3/h5H,4H2,1-3H3. The minimum absolute atomic E-state index is 0.125. The Morgan fingerprint density at radius 1 is 1.78 bits per heavy atom. The summed E-state index contributed by atoms with van der Waals surface area (Å²) in [4.78, 5) is 7.01. The first-order valence-electron chi connectivity index (χ1n) is 3.21. The molecule has 0 aromatic rings. The van der Waals surface area contributed by atoms with Gasteiger partial charge in [-0.2, -0.15) is 0 Å². The van der Waals surface area contributed by atoms with Crippen molar-refractivity contribution in [3.05, 3.63) is 0 Å². The Labute approximate surface area is 55.3 Å². The minimum Gasteiger partial charge on any atom is -0.369 e. The van der Waals surface area contributed by atoms with Crippen molar-refractivity contribution in [3.63, 3.8) is 0 Å². The van der Waals surface area contributed by atoms with Crippen LogP contribution in [0, 0.1) is 0 Å². The van der Waals surface area contributed by atoms with Gasteiger partial charge in [-0.05, 0) is 6.92 Å². The Morgan fingerprint density at radius 2 is 2.44 bits per heavy atom. The lowest BCUT2D eigenvalue weighted by Gasteiger charge is -2.14. The average Bonchev–Trinajstić information content (AvgIpc) is 2.15. The fourth-order valence-electron chi connectivity index (χ4n) is 0.796. The van der Waals surface area contributed by atoms with E-state index in [0.29, 0.717) is 0 Å². The molecular weight excluding hydrogens is 116 g/mol. The van der Waals surface area contributed by atoms with Gasteiger partial charge in [0.2, 0.25) is 0 Å². The second kappa shape index (κ2) is 2.25. The molecule has 52 valence electrons. The molecule has 0 N–H and O–H groups in total. The van der Waals surface area contributed by atoms with E-state index >= 15 is 0 Å². The molecule has 1 atom stereocenters. The zero-order chi connectivity index (χ0) is 6.85. The number of hydrogen-bond donors (Lipinski definition) is 0. The van der Waals surface area contributed by atoms with Crippen molar-refractivity contribution in [1.82, 2.24) is 4.90 Å². The third kappa shape index (κ3) is 0.992. The van der Waals surface area contributed by atoms with Gasteiger partial charge >= 0.3 is 0 Å². The van der Waals surface area contributed by atoms with Crippen molar-refractivity contribution in [2.45, 2.75) is 26.5 Å². The molecule has 0 amide bonds. The van der Waals surface area contributed by atoms with Gasteiger partial charge in [0.1, 0.15) is 5.84 Å². The van der Waals surface area contributed by atoms with E-state index in [-0.39, 0.29) is 6.23 Å². The molecule has 3 heteroatoms. The highest BCUT2D eigenvalue weighted by atomic mass is 16.7. The Hall–Kier alpha value is -0.730. The summed E-state index contributed by atoms with van der Waals surface area (Å²) in [5.41, 5.74) is 0. The van der Waals surface area contributed by atoms with Crippen LogP contribution in [0.4, 0.5) is 0 Å². The summed E-state index contributed by atoms with van der Waals surface area (Å²) in [6.07, 6.45) is 1.07. The van der Waals surface area contributed by atoms with Gasteiger partial charge < -0.3 is 9.74 Å². The van der Waals surface area contributed by atoms with Crippen molar-refractivity contribution in [1.29, 1.82) is 0 Å². The van der Waals surface area contributed by atoms with Gasteiger partial charge in [0, 0.05) is 13.5 Å². The quantitative estimate of drug-likeness (QED) is 0.526. The SMILES string of the molecule is CCC1=NOC(C)N1C. The third-order valence-corrected chi connectivity index (χ3v) is 1.58. The van der Waals surface area contributed by atoms with E-state index in [0.717, 1.165) is 12.3 Å².